The van der Waals surface area contributed by atoms with Gasteiger partial charge in [0.1, 0.15) is 12.3 Å². The molecule has 0 aromatic carbocycles. The van der Waals surface area contributed by atoms with Crippen molar-refractivity contribution in [2.24, 2.45) is 5.92 Å². The van der Waals surface area contributed by atoms with Crippen molar-refractivity contribution in [3.8, 4) is 0 Å². The topological polar surface area (TPSA) is 0 Å². The highest BCUT2D eigenvalue weighted by Crippen LogP contribution is 2.13. The Bertz CT molecular complexity index is 69.3. The van der Waals surface area contributed by atoms with E-state index in [0.717, 1.165) is 0 Å². The highest BCUT2D eigenvalue weighted by atomic mass is 19.2. The lowest BCUT2D eigenvalue weighted by molar-refractivity contribution is 0.158. The third-order valence-electron chi connectivity index (χ3n) is 1.19. The van der Waals surface area contributed by atoms with Crippen molar-refractivity contribution >= 4 is 0 Å². The van der Waals surface area contributed by atoms with Crippen LogP contribution in [0.4, 0.5) is 8.78 Å². The van der Waals surface area contributed by atoms with Crippen LogP contribution in [-0.4, -0.2) is 12.3 Å². The van der Waals surface area contributed by atoms with Gasteiger partial charge in [0.2, 0.25) is 0 Å². The van der Waals surface area contributed by atoms with E-state index in [1.165, 1.54) is 6.92 Å². The monoisotopic (exact) mass is 136 g/mol. The second-order valence-corrected chi connectivity index (χ2v) is 2.82. The third kappa shape index (κ3) is 4.37. The molecule has 0 spiro atoms. The predicted octanol–water partition coefficient (Wildman–Crippen LogP) is 2.73. The molecule has 0 fully saturated rings. The average molecular weight is 136 g/mol. The molecule has 0 N–H and O–H groups in total. The Balaban J connectivity index is 3.38. The smallest absolute Gasteiger partial charge is 0.131 e. The third-order valence-corrected chi connectivity index (χ3v) is 1.19. The van der Waals surface area contributed by atoms with E-state index in [-0.39, 0.29) is 5.92 Å². The summed E-state index contributed by atoms with van der Waals surface area (Å²) < 4.78 is 24.5. The van der Waals surface area contributed by atoms with Gasteiger partial charge in [0.25, 0.3) is 0 Å². The van der Waals surface area contributed by atoms with Crippen molar-refractivity contribution < 1.29 is 8.78 Å². The van der Waals surface area contributed by atoms with Gasteiger partial charge < -0.3 is 0 Å². The van der Waals surface area contributed by atoms with E-state index in [9.17, 15) is 8.78 Å². The minimum absolute atomic E-state index is 0.248. The quantitative estimate of drug-likeness (QED) is 0.559. The average Bonchev–Trinajstić information content (AvgIpc) is 1.63. The number of halogens is 2. The highest BCUT2D eigenvalue weighted by Gasteiger charge is 2.15. The van der Waals surface area contributed by atoms with Gasteiger partial charge in [0, 0.05) is 0 Å². The summed E-state index contributed by atoms with van der Waals surface area (Å²) in [5.41, 5.74) is 0. The van der Waals surface area contributed by atoms with Crippen LogP contribution in [-0.2, 0) is 0 Å². The molecule has 56 valence electrons. The molecule has 0 saturated carbocycles. The van der Waals surface area contributed by atoms with Crippen molar-refractivity contribution in [1.29, 1.82) is 0 Å². The zero-order valence-electron chi connectivity index (χ0n) is 6.20. The first-order valence-corrected chi connectivity index (χ1v) is 3.32. The van der Waals surface area contributed by atoms with Gasteiger partial charge in [0.05, 0.1) is 0 Å². The zero-order chi connectivity index (χ0) is 7.44. The second-order valence-electron chi connectivity index (χ2n) is 2.82. The number of rotatable bonds is 3. The minimum Gasteiger partial charge on any atom is -0.245 e. The van der Waals surface area contributed by atoms with Crippen LogP contribution in [0, 0.1) is 5.92 Å². The summed E-state index contributed by atoms with van der Waals surface area (Å²) in [5.74, 6) is 0.248. The summed E-state index contributed by atoms with van der Waals surface area (Å²) in [7, 11) is 0. The summed E-state index contributed by atoms with van der Waals surface area (Å²) >= 11 is 0. The van der Waals surface area contributed by atoms with Crippen molar-refractivity contribution in [2.75, 3.05) is 0 Å². The Morgan fingerprint density at radius 1 is 1.11 bits per heavy atom. The van der Waals surface area contributed by atoms with Gasteiger partial charge in [-0.1, -0.05) is 13.8 Å². The van der Waals surface area contributed by atoms with E-state index in [2.05, 4.69) is 0 Å². The maximum Gasteiger partial charge on any atom is 0.131 e. The van der Waals surface area contributed by atoms with Crippen LogP contribution in [0.5, 0.6) is 0 Å². The lowest BCUT2D eigenvalue weighted by Gasteiger charge is -2.10. The first-order chi connectivity index (χ1) is 4.04. The van der Waals surface area contributed by atoms with Crippen molar-refractivity contribution in [3.05, 3.63) is 0 Å². The number of hydrogen-bond acceptors (Lipinski definition) is 0. The molecule has 0 aromatic rings. The van der Waals surface area contributed by atoms with Crippen LogP contribution in [0.1, 0.15) is 27.2 Å². The molecule has 0 rings (SSSR count). The van der Waals surface area contributed by atoms with Crippen LogP contribution in [0.2, 0.25) is 0 Å². The van der Waals surface area contributed by atoms with E-state index >= 15 is 0 Å². The molecule has 0 aliphatic rings. The predicted molar refractivity (Wildman–Crippen MR) is 34.9 cm³/mol. The Morgan fingerprint density at radius 3 is 1.67 bits per heavy atom. The minimum atomic E-state index is -1.31. The molecular formula is C7H14F2. The van der Waals surface area contributed by atoms with E-state index in [1.807, 2.05) is 13.8 Å². The summed E-state index contributed by atoms with van der Waals surface area (Å²) in [6.07, 6.45) is -2.25. The van der Waals surface area contributed by atoms with Gasteiger partial charge in [-0.15, -0.1) is 0 Å². The van der Waals surface area contributed by atoms with E-state index in [4.69, 9.17) is 0 Å². The molecule has 0 aliphatic carbocycles. The summed E-state index contributed by atoms with van der Waals surface area (Å²) in [6, 6.07) is 0. The first kappa shape index (κ1) is 8.86. The molecule has 0 heterocycles. The van der Waals surface area contributed by atoms with Gasteiger partial charge in [-0.3, -0.25) is 0 Å². The molecule has 0 saturated heterocycles. The van der Waals surface area contributed by atoms with Gasteiger partial charge >= 0.3 is 0 Å². The largest absolute Gasteiger partial charge is 0.245 e. The molecule has 0 aliphatic heterocycles. The molecule has 0 aromatic heterocycles. The maximum atomic E-state index is 12.4. The number of alkyl halides is 2. The first-order valence-electron chi connectivity index (χ1n) is 3.32. The standard InChI is InChI=1S/C7H14F2/c1-5(2)4-7(9)6(3)8/h5-7H,4H2,1-3H3. The molecule has 0 radical (unpaired) electrons. The molecular weight excluding hydrogens is 122 g/mol. The van der Waals surface area contributed by atoms with Gasteiger partial charge in [-0.05, 0) is 19.3 Å². The Morgan fingerprint density at radius 2 is 1.56 bits per heavy atom. The molecule has 0 nitrogen and oxygen atoms in total. The van der Waals surface area contributed by atoms with Crippen molar-refractivity contribution in [3.63, 3.8) is 0 Å². The molecule has 0 amide bonds. The van der Waals surface area contributed by atoms with Gasteiger partial charge in [0.15, 0.2) is 0 Å². The van der Waals surface area contributed by atoms with E-state index < -0.39 is 12.3 Å². The number of hydrogen-bond donors (Lipinski definition) is 0. The fourth-order valence-corrected chi connectivity index (χ4v) is 0.638. The van der Waals surface area contributed by atoms with Gasteiger partial charge in [-0.25, -0.2) is 8.78 Å². The zero-order valence-corrected chi connectivity index (χ0v) is 6.20. The summed E-state index contributed by atoms with van der Waals surface area (Å²) in [4.78, 5) is 0. The Labute approximate surface area is 55.3 Å². The SMILES string of the molecule is CC(C)CC(F)C(C)F. The highest BCUT2D eigenvalue weighted by molar-refractivity contribution is 4.64. The van der Waals surface area contributed by atoms with E-state index in [0.29, 0.717) is 6.42 Å². The molecule has 2 heteroatoms. The van der Waals surface area contributed by atoms with Crippen molar-refractivity contribution in [1.82, 2.24) is 0 Å². The van der Waals surface area contributed by atoms with Crippen molar-refractivity contribution in [2.45, 2.75) is 39.5 Å². The molecule has 9 heavy (non-hydrogen) atoms. The van der Waals surface area contributed by atoms with Gasteiger partial charge in [-0.2, -0.15) is 0 Å². The normalized spacial score (nSPS) is 18.0. The van der Waals surface area contributed by atoms with Crippen LogP contribution in [0.25, 0.3) is 0 Å². The summed E-state index contributed by atoms with van der Waals surface area (Å²) in [5, 5.41) is 0. The van der Waals surface area contributed by atoms with Crippen LogP contribution in [0.15, 0.2) is 0 Å². The molecule has 0 bridgehead atoms. The Hall–Kier alpha value is -0.140. The fraction of sp³-hybridized carbons (Fsp3) is 1.00. The second kappa shape index (κ2) is 3.80. The lowest BCUT2D eigenvalue weighted by Crippen LogP contribution is -2.15. The van der Waals surface area contributed by atoms with Crippen LogP contribution in [0.3, 0.4) is 0 Å². The lowest BCUT2D eigenvalue weighted by atomic mass is 10.0. The molecule has 2 unspecified atom stereocenters. The van der Waals surface area contributed by atoms with E-state index in [1.54, 1.807) is 0 Å². The van der Waals surface area contributed by atoms with Crippen LogP contribution < -0.4 is 0 Å². The fourth-order valence-electron chi connectivity index (χ4n) is 0.638. The summed E-state index contributed by atoms with van der Waals surface area (Å²) in [6.45, 7) is 5.02. The maximum absolute atomic E-state index is 12.4. The molecule has 2 atom stereocenters. The van der Waals surface area contributed by atoms with Crippen LogP contribution >= 0.6 is 0 Å². The Kier molecular flexibility index (Phi) is 3.75.